The van der Waals surface area contributed by atoms with E-state index in [1.54, 1.807) is 0 Å². The molecule has 0 amide bonds. The molecule has 12 heavy (non-hydrogen) atoms. The second kappa shape index (κ2) is 3.38. The van der Waals surface area contributed by atoms with Gasteiger partial charge in [0.15, 0.2) is 0 Å². The van der Waals surface area contributed by atoms with Crippen molar-refractivity contribution in [2.24, 2.45) is 11.1 Å². The van der Waals surface area contributed by atoms with Crippen LogP contribution in [0.1, 0.15) is 6.42 Å². The van der Waals surface area contributed by atoms with Gasteiger partial charge in [-0.15, -0.1) is 0 Å². The van der Waals surface area contributed by atoms with Gasteiger partial charge < -0.3 is 20.7 Å². The first kappa shape index (κ1) is 9.44. The molecule has 0 radical (unpaired) electrons. The molecule has 0 aliphatic carbocycles. The number of rotatable bonds is 4. The molecule has 0 aromatic carbocycles. The smallest absolute Gasteiger partial charge is 0.320 e. The predicted octanol–water partition coefficient (Wildman–Crippen LogP) is -1.20. The van der Waals surface area contributed by atoms with Crippen molar-refractivity contribution in [3.8, 4) is 0 Å². The number of nitrogens with two attached hydrogens (primary N) is 1. The average Bonchev–Trinajstić information content (AvgIpc) is 1.96. The fourth-order valence-electron chi connectivity index (χ4n) is 1.22. The van der Waals surface area contributed by atoms with Gasteiger partial charge in [0.05, 0.1) is 19.8 Å². The van der Waals surface area contributed by atoms with Crippen LogP contribution in [0.2, 0.25) is 0 Å². The van der Waals surface area contributed by atoms with Crippen LogP contribution in [0.15, 0.2) is 0 Å². The minimum absolute atomic E-state index is 0.0615. The Morgan fingerprint density at radius 2 is 2.25 bits per heavy atom. The normalized spacial score (nSPS) is 22.8. The van der Waals surface area contributed by atoms with Gasteiger partial charge in [-0.25, -0.2) is 0 Å². The van der Waals surface area contributed by atoms with Crippen LogP contribution in [-0.4, -0.2) is 42.0 Å². The lowest BCUT2D eigenvalue weighted by Crippen LogP contribution is -2.50. The average molecular weight is 175 g/mol. The molecule has 0 saturated carbocycles. The minimum Gasteiger partial charge on any atom is -0.480 e. The van der Waals surface area contributed by atoms with Gasteiger partial charge in [-0.1, -0.05) is 0 Å². The fourth-order valence-corrected chi connectivity index (χ4v) is 1.22. The third-order valence-corrected chi connectivity index (χ3v) is 2.12. The second-order valence-electron chi connectivity index (χ2n) is 3.30. The lowest BCUT2D eigenvalue weighted by Gasteiger charge is -2.40. The maximum atomic E-state index is 10.4. The SMILES string of the molecule is N[C@@H](CC1(CO)COC1)C(=O)O. The van der Waals surface area contributed by atoms with Gasteiger partial charge in [-0.05, 0) is 6.42 Å². The van der Waals surface area contributed by atoms with E-state index >= 15 is 0 Å². The zero-order valence-corrected chi connectivity index (χ0v) is 6.69. The van der Waals surface area contributed by atoms with E-state index in [2.05, 4.69) is 0 Å². The maximum absolute atomic E-state index is 10.4. The fraction of sp³-hybridized carbons (Fsp3) is 0.857. The Labute approximate surface area is 70.1 Å². The quantitative estimate of drug-likeness (QED) is 0.499. The first-order valence-electron chi connectivity index (χ1n) is 3.77. The van der Waals surface area contributed by atoms with E-state index in [1.807, 2.05) is 0 Å². The Bertz CT molecular complexity index is 173. The summed E-state index contributed by atoms with van der Waals surface area (Å²) in [4.78, 5) is 10.4. The van der Waals surface area contributed by atoms with Crippen LogP contribution in [0.4, 0.5) is 0 Å². The highest BCUT2D eigenvalue weighted by molar-refractivity contribution is 5.73. The van der Waals surface area contributed by atoms with E-state index in [9.17, 15) is 4.79 Å². The molecular weight excluding hydrogens is 162 g/mol. The number of carboxylic acids is 1. The summed E-state index contributed by atoms with van der Waals surface area (Å²) in [6.07, 6.45) is 0.277. The van der Waals surface area contributed by atoms with Crippen LogP contribution in [0, 0.1) is 5.41 Å². The summed E-state index contributed by atoms with van der Waals surface area (Å²) >= 11 is 0. The molecule has 0 aromatic heterocycles. The van der Waals surface area contributed by atoms with E-state index in [0.717, 1.165) is 0 Å². The first-order valence-corrected chi connectivity index (χ1v) is 3.77. The summed E-state index contributed by atoms with van der Waals surface area (Å²) in [5, 5.41) is 17.5. The van der Waals surface area contributed by atoms with E-state index in [-0.39, 0.29) is 13.0 Å². The topological polar surface area (TPSA) is 92.8 Å². The molecule has 1 rings (SSSR count). The van der Waals surface area contributed by atoms with Crippen LogP contribution in [0.5, 0.6) is 0 Å². The van der Waals surface area contributed by atoms with Crippen molar-refractivity contribution in [2.75, 3.05) is 19.8 Å². The number of carbonyl (C=O) groups is 1. The summed E-state index contributed by atoms with van der Waals surface area (Å²) in [5.41, 5.74) is 4.92. The molecule has 0 spiro atoms. The molecule has 0 bridgehead atoms. The molecule has 1 heterocycles. The van der Waals surface area contributed by atoms with E-state index < -0.39 is 17.4 Å². The van der Waals surface area contributed by atoms with Gasteiger partial charge in [-0.3, -0.25) is 4.79 Å². The molecule has 1 aliphatic heterocycles. The summed E-state index contributed by atoms with van der Waals surface area (Å²) in [6, 6.07) is -0.902. The highest BCUT2D eigenvalue weighted by atomic mass is 16.5. The number of aliphatic hydroxyl groups excluding tert-OH is 1. The minimum atomic E-state index is -1.03. The number of hydrogen-bond acceptors (Lipinski definition) is 4. The van der Waals surface area contributed by atoms with Crippen molar-refractivity contribution in [3.63, 3.8) is 0 Å². The Morgan fingerprint density at radius 3 is 2.50 bits per heavy atom. The van der Waals surface area contributed by atoms with Crippen molar-refractivity contribution >= 4 is 5.97 Å². The van der Waals surface area contributed by atoms with Gasteiger partial charge in [0.25, 0.3) is 0 Å². The van der Waals surface area contributed by atoms with Crippen molar-refractivity contribution in [1.29, 1.82) is 0 Å². The number of ether oxygens (including phenoxy) is 1. The molecule has 1 saturated heterocycles. The molecule has 5 heteroatoms. The Hall–Kier alpha value is -0.650. The molecule has 4 N–H and O–H groups in total. The molecule has 1 fully saturated rings. The lowest BCUT2D eigenvalue weighted by molar-refractivity contribution is -0.154. The Morgan fingerprint density at radius 1 is 1.67 bits per heavy atom. The van der Waals surface area contributed by atoms with Crippen molar-refractivity contribution in [1.82, 2.24) is 0 Å². The molecule has 1 atom stereocenters. The standard InChI is InChI=1S/C7H13NO4/c8-5(6(10)11)1-7(2-9)3-12-4-7/h5,9H,1-4,8H2,(H,10,11)/t5-/m0/s1. The van der Waals surface area contributed by atoms with Crippen molar-refractivity contribution in [3.05, 3.63) is 0 Å². The summed E-state index contributed by atoms with van der Waals surface area (Å²) in [5.74, 6) is -1.03. The van der Waals surface area contributed by atoms with Crippen molar-refractivity contribution < 1.29 is 19.7 Å². The van der Waals surface area contributed by atoms with Crippen LogP contribution >= 0.6 is 0 Å². The van der Waals surface area contributed by atoms with Crippen LogP contribution in [-0.2, 0) is 9.53 Å². The number of aliphatic hydroxyl groups is 1. The highest BCUT2D eigenvalue weighted by Crippen LogP contribution is 2.31. The monoisotopic (exact) mass is 175 g/mol. The Balaban J connectivity index is 2.42. The van der Waals surface area contributed by atoms with Crippen LogP contribution in [0.25, 0.3) is 0 Å². The molecule has 70 valence electrons. The van der Waals surface area contributed by atoms with Crippen LogP contribution in [0.3, 0.4) is 0 Å². The zero-order chi connectivity index (χ0) is 9.19. The number of hydrogen-bond donors (Lipinski definition) is 3. The maximum Gasteiger partial charge on any atom is 0.320 e. The molecule has 0 aromatic rings. The zero-order valence-electron chi connectivity index (χ0n) is 6.69. The number of carboxylic acid groups (broad SMARTS) is 1. The lowest BCUT2D eigenvalue weighted by atomic mass is 9.81. The largest absolute Gasteiger partial charge is 0.480 e. The molecule has 0 unspecified atom stereocenters. The van der Waals surface area contributed by atoms with Gasteiger partial charge in [0.2, 0.25) is 0 Å². The Kier molecular flexibility index (Phi) is 2.66. The first-order chi connectivity index (χ1) is 5.59. The number of aliphatic carboxylic acids is 1. The van der Waals surface area contributed by atoms with E-state index in [1.165, 1.54) is 0 Å². The third kappa shape index (κ3) is 1.74. The van der Waals surface area contributed by atoms with Crippen LogP contribution < -0.4 is 5.73 Å². The van der Waals surface area contributed by atoms with Gasteiger partial charge in [0, 0.05) is 5.41 Å². The predicted molar refractivity (Wildman–Crippen MR) is 40.6 cm³/mol. The molecule has 5 nitrogen and oxygen atoms in total. The summed E-state index contributed by atoms with van der Waals surface area (Å²) in [7, 11) is 0. The summed E-state index contributed by atoms with van der Waals surface area (Å²) < 4.78 is 4.90. The van der Waals surface area contributed by atoms with E-state index in [4.69, 9.17) is 20.7 Å². The summed E-state index contributed by atoms with van der Waals surface area (Å²) in [6.45, 7) is 0.753. The van der Waals surface area contributed by atoms with Crippen molar-refractivity contribution in [2.45, 2.75) is 12.5 Å². The third-order valence-electron chi connectivity index (χ3n) is 2.12. The highest BCUT2D eigenvalue weighted by Gasteiger charge is 2.40. The van der Waals surface area contributed by atoms with Gasteiger partial charge in [-0.2, -0.15) is 0 Å². The van der Waals surface area contributed by atoms with Gasteiger partial charge >= 0.3 is 5.97 Å². The molecule has 1 aliphatic rings. The van der Waals surface area contributed by atoms with E-state index in [0.29, 0.717) is 13.2 Å². The molecular formula is C7H13NO4. The second-order valence-corrected chi connectivity index (χ2v) is 3.30. The van der Waals surface area contributed by atoms with Gasteiger partial charge in [0.1, 0.15) is 6.04 Å².